The summed E-state index contributed by atoms with van der Waals surface area (Å²) >= 11 is 1.75. The minimum absolute atomic E-state index is 0.330. The van der Waals surface area contributed by atoms with Crippen molar-refractivity contribution in [2.24, 2.45) is 0 Å². The lowest BCUT2D eigenvalue weighted by atomic mass is 9.71. The fourth-order valence-corrected chi connectivity index (χ4v) is 4.97. The molecule has 2 aliphatic rings. The van der Waals surface area contributed by atoms with Crippen molar-refractivity contribution in [1.82, 2.24) is 9.80 Å². The zero-order valence-electron chi connectivity index (χ0n) is 18.6. The normalized spacial score (nSPS) is 16.7. The fraction of sp³-hybridized carbons (Fsp3) is 0.304. The number of hydrogen-bond acceptors (Lipinski definition) is 4. The van der Waals surface area contributed by atoms with Crippen molar-refractivity contribution < 1.29 is 45.5 Å². The molecule has 2 aliphatic heterocycles. The Balaban J connectivity index is 2.03. The molecule has 0 bridgehead atoms. The Morgan fingerprint density at radius 1 is 0.639 bits per heavy atom. The maximum atomic E-state index is 14.6. The Kier molecular flexibility index (Phi) is 5.63. The Labute approximate surface area is 213 Å². The number of carbonyl (C=O) groups is 4. The van der Waals surface area contributed by atoms with Crippen LogP contribution in [0.15, 0.2) is 36.4 Å². The van der Waals surface area contributed by atoms with E-state index in [2.05, 4.69) is 0 Å². The molecular weight excluding hydrogens is 609 g/mol. The van der Waals surface area contributed by atoms with E-state index in [1.165, 1.54) is 13.8 Å². The molecule has 0 unspecified atom stereocenters. The molecule has 0 aromatic heterocycles. The summed E-state index contributed by atoms with van der Waals surface area (Å²) in [4.78, 5) is 51.4. The number of carbonyl (C=O) groups excluding carboxylic acids is 4. The number of alkyl halides is 7. The lowest BCUT2D eigenvalue weighted by Gasteiger charge is -2.38. The molecular formula is C23H15F6IN2O4. The average molecular weight is 624 g/mol. The van der Waals surface area contributed by atoms with Gasteiger partial charge in [0.1, 0.15) is 0 Å². The highest BCUT2D eigenvalue weighted by molar-refractivity contribution is 14.1. The number of imide groups is 2. The number of nitrogens with zero attached hydrogens (tertiary/aromatic N) is 2. The maximum absolute atomic E-state index is 14.6. The third kappa shape index (κ3) is 3.38. The Hall–Kier alpha value is -2.97. The Morgan fingerprint density at radius 2 is 1.00 bits per heavy atom. The molecule has 36 heavy (non-hydrogen) atoms. The number of hydrogen-bond donors (Lipinski definition) is 0. The molecule has 190 valence electrons. The van der Waals surface area contributed by atoms with Crippen molar-refractivity contribution in [2.45, 2.75) is 35.2 Å². The smallest absolute Gasteiger partial charge is 0.277 e. The highest BCUT2D eigenvalue weighted by Crippen LogP contribution is 2.57. The largest absolute Gasteiger partial charge is 0.411 e. The molecule has 0 fully saturated rings. The summed E-state index contributed by atoms with van der Waals surface area (Å²) < 4.78 is 86.4. The summed E-state index contributed by atoms with van der Waals surface area (Å²) in [6.07, 6.45) is -12.0. The van der Waals surface area contributed by atoms with Gasteiger partial charge in [-0.15, -0.1) is 0 Å². The molecule has 4 amide bonds. The van der Waals surface area contributed by atoms with Crippen LogP contribution in [0.4, 0.5) is 26.3 Å². The van der Waals surface area contributed by atoms with Gasteiger partial charge in [0.2, 0.25) is 5.41 Å². The van der Waals surface area contributed by atoms with Gasteiger partial charge in [0, 0.05) is 7.05 Å². The van der Waals surface area contributed by atoms with Crippen molar-refractivity contribution in [2.75, 3.05) is 7.05 Å². The number of rotatable bonds is 3. The first-order valence-corrected chi connectivity index (χ1v) is 11.3. The van der Waals surface area contributed by atoms with Gasteiger partial charge in [-0.1, -0.05) is 34.7 Å². The van der Waals surface area contributed by atoms with Crippen LogP contribution in [0, 0.1) is 0 Å². The van der Waals surface area contributed by atoms with E-state index < -0.39 is 67.2 Å². The number of amides is 4. The summed E-state index contributed by atoms with van der Waals surface area (Å²) in [5.41, 5.74) is -9.27. The second-order valence-electron chi connectivity index (χ2n) is 8.79. The number of fused-ring (bicyclic) bond motifs is 2. The third-order valence-corrected chi connectivity index (χ3v) is 6.71. The van der Waals surface area contributed by atoms with Crippen LogP contribution in [-0.2, 0) is 5.41 Å². The summed E-state index contributed by atoms with van der Waals surface area (Å²) in [7, 11) is 1.05. The molecule has 2 aromatic carbocycles. The predicted octanol–water partition coefficient (Wildman–Crippen LogP) is 5.09. The molecule has 0 radical (unpaired) electrons. The van der Waals surface area contributed by atoms with Gasteiger partial charge in [-0.25, -0.2) is 0 Å². The highest BCUT2D eigenvalue weighted by atomic mass is 127. The summed E-state index contributed by atoms with van der Waals surface area (Å²) in [5, 5.41) is 0. The van der Waals surface area contributed by atoms with E-state index in [4.69, 9.17) is 0 Å². The van der Waals surface area contributed by atoms with Crippen molar-refractivity contribution in [3.63, 3.8) is 0 Å². The molecule has 4 rings (SSSR count). The zero-order valence-corrected chi connectivity index (χ0v) is 20.8. The topological polar surface area (TPSA) is 74.8 Å². The lowest BCUT2D eigenvalue weighted by molar-refractivity contribution is -0.288. The van der Waals surface area contributed by atoms with Gasteiger partial charge in [0.05, 0.1) is 25.8 Å². The van der Waals surface area contributed by atoms with Crippen molar-refractivity contribution in [1.29, 1.82) is 0 Å². The van der Waals surface area contributed by atoms with Crippen LogP contribution in [-0.4, -0.2) is 56.4 Å². The number of halogens is 7. The van der Waals surface area contributed by atoms with E-state index in [1.807, 2.05) is 0 Å². The van der Waals surface area contributed by atoms with Crippen molar-refractivity contribution in [3.05, 3.63) is 69.8 Å². The molecule has 0 spiro atoms. The summed E-state index contributed by atoms with van der Waals surface area (Å²) in [5.74, 6) is -3.81. The van der Waals surface area contributed by atoms with E-state index in [9.17, 15) is 45.5 Å². The second kappa shape index (κ2) is 7.76. The Bertz CT molecular complexity index is 1350. The first-order chi connectivity index (χ1) is 16.4. The van der Waals surface area contributed by atoms with E-state index in [1.54, 1.807) is 22.6 Å². The first kappa shape index (κ1) is 26.1. The van der Waals surface area contributed by atoms with Gasteiger partial charge in [-0.3, -0.25) is 29.0 Å². The minimum atomic E-state index is -6.00. The van der Waals surface area contributed by atoms with Crippen LogP contribution in [0.2, 0.25) is 0 Å². The van der Waals surface area contributed by atoms with Crippen molar-refractivity contribution in [3.8, 4) is 0 Å². The monoisotopic (exact) mass is 624 g/mol. The lowest BCUT2D eigenvalue weighted by Crippen LogP contribution is -2.55. The van der Waals surface area contributed by atoms with Crippen LogP contribution in [0.1, 0.15) is 66.4 Å². The second-order valence-corrected chi connectivity index (χ2v) is 11.4. The van der Waals surface area contributed by atoms with E-state index in [-0.39, 0.29) is 11.1 Å². The third-order valence-electron chi connectivity index (χ3n) is 6.22. The maximum Gasteiger partial charge on any atom is 0.411 e. The zero-order chi connectivity index (χ0) is 27.2. The van der Waals surface area contributed by atoms with Crippen LogP contribution < -0.4 is 0 Å². The standard InChI is InChI=1S/C23H15F6IN2O4/c1-20(2,30)32-18(35)13-7-5-11(9-15(13)19(32)36)21(22(24,25)26,23(27,28)29)10-4-6-12-14(8-10)17(34)31(3)16(12)33/h4-9H,1-3H3. The van der Waals surface area contributed by atoms with Gasteiger partial charge in [-0.2, -0.15) is 26.3 Å². The predicted molar refractivity (Wildman–Crippen MR) is 121 cm³/mol. The molecule has 0 saturated carbocycles. The van der Waals surface area contributed by atoms with Gasteiger partial charge in [0.25, 0.3) is 23.6 Å². The van der Waals surface area contributed by atoms with Gasteiger partial charge >= 0.3 is 12.4 Å². The first-order valence-electron chi connectivity index (χ1n) is 10.2. The van der Waals surface area contributed by atoms with Crippen LogP contribution in [0.25, 0.3) is 0 Å². The summed E-state index contributed by atoms with van der Waals surface area (Å²) in [6, 6.07) is 3.32. The average Bonchev–Trinajstić information content (AvgIpc) is 3.11. The number of benzene rings is 2. The van der Waals surface area contributed by atoms with Crippen LogP contribution in [0.5, 0.6) is 0 Å². The Morgan fingerprint density at radius 3 is 1.42 bits per heavy atom. The molecule has 6 nitrogen and oxygen atoms in total. The quantitative estimate of drug-likeness (QED) is 0.157. The van der Waals surface area contributed by atoms with Crippen LogP contribution >= 0.6 is 22.6 Å². The van der Waals surface area contributed by atoms with E-state index in [0.717, 1.165) is 24.1 Å². The minimum Gasteiger partial charge on any atom is -0.277 e. The molecule has 13 heteroatoms. The van der Waals surface area contributed by atoms with E-state index in [0.29, 0.717) is 29.2 Å². The van der Waals surface area contributed by atoms with Gasteiger partial charge < -0.3 is 0 Å². The molecule has 0 N–H and O–H groups in total. The van der Waals surface area contributed by atoms with Crippen molar-refractivity contribution >= 4 is 46.2 Å². The SMILES string of the molecule is CN1C(=O)c2ccc(C(c3ccc4c(c3)C(=O)N(C(C)(C)I)C4=O)(C(F)(F)F)C(F)(F)F)cc2C1=O. The highest BCUT2D eigenvalue weighted by Gasteiger charge is 2.73. The van der Waals surface area contributed by atoms with Crippen LogP contribution in [0.3, 0.4) is 0 Å². The molecule has 0 aliphatic carbocycles. The molecule has 2 heterocycles. The fourth-order valence-electron chi connectivity index (χ4n) is 4.53. The van der Waals surface area contributed by atoms with E-state index >= 15 is 0 Å². The van der Waals surface area contributed by atoms with Gasteiger partial charge in [-0.05, 0) is 49.2 Å². The molecule has 2 aromatic rings. The van der Waals surface area contributed by atoms with Gasteiger partial charge in [0.15, 0.2) is 0 Å². The summed E-state index contributed by atoms with van der Waals surface area (Å²) in [6.45, 7) is 2.96. The molecule has 0 saturated heterocycles. The molecule has 0 atom stereocenters.